The van der Waals surface area contributed by atoms with E-state index in [2.05, 4.69) is 41.3 Å². The van der Waals surface area contributed by atoms with Crippen LogP contribution in [0.5, 0.6) is 5.75 Å². The standard InChI is InChI=1S/C19H21N3OS/c1-23-17-8-4-3-7-16(17)22-12-10-21(11-13-22)14-19-20-15-6-2-5-9-18(15)24-19/h2-9H,10-14H2,1H3/p+1. The maximum atomic E-state index is 5.50. The summed E-state index contributed by atoms with van der Waals surface area (Å²) in [6.45, 7) is 5.41. The first kappa shape index (κ1) is 15.4. The van der Waals surface area contributed by atoms with Crippen LogP contribution in [0.25, 0.3) is 10.2 Å². The minimum atomic E-state index is 0.965. The zero-order valence-corrected chi connectivity index (χ0v) is 14.7. The van der Waals surface area contributed by atoms with Crippen molar-refractivity contribution in [2.24, 2.45) is 0 Å². The van der Waals surface area contributed by atoms with Crippen molar-refractivity contribution in [2.45, 2.75) is 6.54 Å². The topological polar surface area (TPSA) is 29.8 Å². The maximum absolute atomic E-state index is 5.50. The Bertz CT molecular complexity index is 791. The molecule has 4 rings (SSSR count). The first-order chi connectivity index (χ1) is 11.8. The summed E-state index contributed by atoms with van der Waals surface area (Å²) in [7, 11) is 1.74. The summed E-state index contributed by atoms with van der Waals surface area (Å²) in [6, 6.07) is 16.7. The number of hydrogen-bond donors (Lipinski definition) is 1. The van der Waals surface area contributed by atoms with Crippen LogP contribution in [0.3, 0.4) is 0 Å². The number of aromatic nitrogens is 1. The van der Waals surface area contributed by atoms with Crippen LogP contribution in [-0.4, -0.2) is 38.3 Å². The molecule has 0 amide bonds. The third-order valence-corrected chi connectivity index (χ3v) is 5.67. The zero-order chi connectivity index (χ0) is 16.4. The fraction of sp³-hybridized carbons (Fsp3) is 0.316. The number of hydrogen-bond acceptors (Lipinski definition) is 4. The van der Waals surface area contributed by atoms with Gasteiger partial charge in [0.2, 0.25) is 0 Å². The van der Waals surface area contributed by atoms with Crippen LogP contribution in [0.1, 0.15) is 5.01 Å². The van der Waals surface area contributed by atoms with Crippen molar-refractivity contribution in [3.63, 3.8) is 0 Å². The second kappa shape index (κ2) is 6.79. The summed E-state index contributed by atoms with van der Waals surface area (Å²) in [5, 5.41) is 1.25. The minimum absolute atomic E-state index is 0.965. The number of methoxy groups -OCH3 is 1. The quantitative estimate of drug-likeness (QED) is 0.790. The van der Waals surface area contributed by atoms with Crippen molar-refractivity contribution < 1.29 is 9.64 Å². The van der Waals surface area contributed by atoms with Gasteiger partial charge in [0.05, 0.1) is 49.2 Å². The van der Waals surface area contributed by atoms with E-state index in [1.54, 1.807) is 12.0 Å². The summed E-state index contributed by atoms with van der Waals surface area (Å²) in [5.41, 5.74) is 2.34. The van der Waals surface area contributed by atoms with Gasteiger partial charge in [-0.3, -0.25) is 0 Å². The lowest BCUT2D eigenvalue weighted by Crippen LogP contribution is -3.13. The molecule has 0 aliphatic carbocycles. The second-order valence-electron chi connectivity index (χ2n) is 6.16. The molecule has 1 N–H and O–H groups in total. The molecule has 1 aliphatic rings. The summed E-state index contributed by atoms with van der Waals surface area (Å²) in [5.74, 6) is 0.965. The van der Waals surface area contributed by atoms with E-state index in [4.69, 9.17) is 9.72 Å². The van der Waals surface area contributed by atoms with Crippen molar-refractivity contribution in [3.8, 4) is 5.75 Å². The molecule has 0 unspecified atom stereocenters. The third kappa shape index (κ3) is 3.09. The Morgan fingerprint density at radius 3 is 2.62 bits per heavy atom. The first-order valence-corrected chi connectivity index (χ1v) is 9.21. The molecule has 0 saturated carbocycles. The molecule has 0 spiro atoms. The molecule has 1 fully saturated rings. The number of fused-ring (bicyclic) bond motifs is 1. The maximum Gasteiger partial charge on any atom is 0.148 e. The first-order valence-electron chi connectivity index (χ1n) is 8.39. The molecule has 5 heteroatoms. The molecule has 2 aromatic carbocycles. The van der Waals surface area contributed by atoms with Gasteiger partial charge in [0.1, 0.15) is 17.3 Å². The molecule has 24 heavy (non-hydrogen) atoms. The lowest BCUT2D eigenvalue weighted by Gasteiger charge is -2.33. The highest BCUT2D eigenvalue weighted by Crippen LogP contribution is 2.27. The number of thiazole rings is 1. The van der Waals surface area contributed by atoms with Gasteiger partial charge in [-0.2, -0.15) is 0 Å². The third-order valence-electron chi connectivity index (χ3n) is 4.64. The van der Waals surface area contributed by atoms with E-state index in [0.29, 0.717) is 0 Å². The largest absolute Gasteiger partial charge is 0.495 e. The van der Waals surface area contributed by atoms with Crippen molar-refractivity contribution >= 4 is 27.2 Å². The molecular formula is C19H22N3OS+. The van der Waals surface area contributed by atoms with Crippen molar-refractivity contribution in [1.29, 1.82) is 0 Å². The number of nitrogens with zero attached hydrogens (tertiary/aromatic N) is 2. The number of para-hydroxylation sites is 3. The highest BCUT2D eigenvalue weighted by Gasteiger charge is 2.23. The van der Waals surface area contributed by atoms with Crippen LogP contribution in [0.15, 0.2) is 48.5 Å². The lowest BCUT2D eigenvalue weighted by molar-refractivity contribution is -0.914. The fourth-order valence-corrected chi connectivity index (χ4v) is 4.38. The van der Waals surface area contributed by atoms with E-state index in [0.717, 1.165) is 44.0 Å². The van der Waals surface area contributed by atoms with Gasteiger partial charge < -0.3 is 14.5 Å². The van der Waals surface area contributed by atoms with Crippen LogP contribution in [-0.2, 0) is 6.54 Å². The molecule has 3 aromatic rings. The molecular weight excluding hydrogens is 318 g/mol. The molecule has 1 saturated heterocycles. The highest BCUT2D eigenvalue weighted by molar-refractivity contribution is 7.18. The lowest BCUT2D eigenvalue weighted by atomic mass is 10.2. The number of rotatable bonds is 4. The number of anilines is 1. The van der Waals surface area contributed by atoms with Crippen molar-refractivity contribution in [2.75, 3.05) is 38.2 Å². The van der Waals surface area contributed by atoms with E-state index >= 15 is 0 Å². The Morgan fingerprint density at radius 1 is 1.08 bits per heavy atom. The van der Waals surface area contributed by atoms with E-state index in [9.17, 15) is 0 Å². The molecule has 1 aromatic heterocycles. The number of quaternary nitrogens is 1. The van der Waals surface area contributed by atoms with Crippen LogP contribution in [0.2, 0.25) is 0 Å². The smallest absolute Gasteiger partial charge is 0.148 e. The number of piperazine rings is 1. The van der Waals surface area contributed by atoms with Gasteiger partial charge >= 0.3 is 0 Å². The molecule has 1 aliphatic heterocycles. The van der Waals surface area contributed by atoms with Gasteiger partial charge in [0.25, 0.3) is 0 Å². The predicted molar refractivity (Wildman–Crippen MR) is 99.2 cm³/mol. The Labute approximate surface area is 146 Å². The Kier molecular flexibility index (Phi) is 4.36. The summed E-state index contributed by atoms with van der Waals surface area (Å²) in [4.78, 5) is 8.82. The monoisotopic (exact) mass is 340 g/mol. The summed E-state index contributed by atoms with van der Waals surface area (Å²) < 4.78 is 6.79. The predicted octanol–water partition coefficient (Wildman–Crippen LogP) is 2.21. The fourth-order valence-electron chi connectivity index (χ4n) is 3.34. The van der Waals surface area contributed by atoms with Gasteiger partial charge in [-0.15, -0.1) is 11.3 Å². The van der Waals surface area contributed by atoms with E-state index in [1.807, 2.05) is 23.5 Å². The second-order valence-corrected chi connectivity index (χ2v) is 7.28. The SMILES string of the molecule is COc1ccccc1N1CC[NH+](Cc2nc3ccccc3s2)CC1. The summed E-state index contributed by atoms with van der Waals surface area (Å²) in [6.07, 6.45) is 0. The van der Waals surface area contributed by atoms with Crippen LogP contribution < -0.4 is 14.5 Å². The van der Waals surface area contributed by atoms with Gasteiger partial charge in [-0.1, -0.05) is 24.3 Å². The molecule has 0 atom stereocenters. The molecule has 124 valence electrons. The molecule has 0 radical (unpaired) electrons. The van der Waals surface area contributed by atoms with Crippen molar-refractivity contribution in [3.05, 3.63) is 53.5 Å². The van der Waals surface area contributed by atoms with Crippen LogP contribution in [0.4, 0.5) is 5.69 Å². The van der Waals surface area contributed by atoms with Gasteiger partial charge in [-0.05, 0) is 24.3 Å². The minimum Gasteiger partial charge on any atom is -0.495 e. The molecule has 2 heterocycles. The van der Waals surface area contributed by atoms with E-state index in [1.165, 1.54) is 15.4 Å². The van der Waals surface area contributed by atoms with Gasteiger partial charge in [0, 0.05) is 0 Å². The van der Waals surface area contributed by atoms with E-state index in [-0.39, 0.29) is 0 Å². The Hall–Kier alpha value is -2.11. The van der Waals surface area contributed by atoms with Gasteiger partial charge in [0.15, 0.2) is 0 Å². The summed E-state index contributed by atoms with van der Waals surface area (Å²) >= 11 is 1.83. The average Bonchev–Trinajstić information content (AvgIpc) is 3.04. The van der Waals surface area contributed by atoms with Crippen LogP contribution >= 0.6 is 11.3 Å². The normalized spacial score (nSPS) is 15.8. The zero-order valence-electron chi connectivity index (χ0n) is 13.9. The Morgan fingerprint density at radius 2 is 1.83 bits per heavy atom. The van der Waals surface area contributed by atoms with Crippen LogP contribution in [0, 0.1) is 0 Å². The molecule has 4 nitrogen and oxygen atoms in total. The van der Waals surface area contributed by atoms with E-state index < -0.39 is 0 Å². The number of ether oxygens (including phenoxy) is 1. The molecule has 0 bridgehead atoms. The number of benzene rings is 2. The number of nitrogens with one attached hydrogen (secondary N) is 1. The van der Waals surface area contributed by atoms with Crippen molar-refractivity contribution in [1.82, 2.24) is 4.98 Å². The highest BCUT2D eigenvalue weighted by atomic mass is 32.1. The Balaban J connectivity index is 1.41. The van der Waals surface area contributed by atoms with Gasteiger partial charge in [-0.25, -0.2) is 4.98 Å². The average molecular weight is 340 g/mol.